The van der Waals surface area contributed by atoms with Gasteiger partial charge in [0.25, 0.3) is 0 Å². The Hall–Kier alpha value is -2.73. The number of ether oxygens (including phenoxy) is 1. The molecule has 2 aliphatic rings. The Morgan fingerprint density at radius 2 is 1.39 bits per heavy atom. The summed E-state index contributed by atoms with van der Waals surface area (Å²) < 4.78 is 5.25. The molecule has 2 fully saturated rings. The van der Waals surface area contributed by atoms with Gasteiger partial charge in [-0.2, -0.15) is 0 Å². The Balaban J connectivity index is 1.25. The molecule has 0 atom stereocenters. The van der Waals surface area contributed by atoms with E-state index in [-0.39, 0.29) is 5.91 Å². The van der Waals surface area contributed by atoms with Crippen molar-refractivity contribution in [3.63, 3.8) is 0 Å². The minimum atomic E-state index is 0.0589. The van der Waals surface area contributed by atoms with E-state index in [1.165, 1.54) is 30.6 Å². The molecule has 0 saturated carbocycles. The molecular formula is C25H34N4O2. The lowest BCUT2D eigenvalue weighted by molar-refractivity contribution is -0.117. The molecule has 31 heavy (non-hydrogen) atoms. The average molecular weight is 423 g/mol. The van der Waals surface area contributed by atoms with Crippen molar-refractivity contribution >= 4 is 23.0 Å². The van der Waals surface area contributed by atoms with Crippen LogP contribution >= 0.6 is 0 Å². The second-order valence-electron chi connectivity index (χ2n) is 8.46. The van der Waals surface area contributed by atoms with E-state index in [9.17, 15) is 4.79 Å². The van der Waals surface area contributed by atoms with Crippen molar-refractivity contribution in [2.75, 3.05) is 68.0 Å². The minimum absolute atomic E-state index is 0.0589. The van der Waals surface area contributed by atoms with Crippen LogP contribution in [0, 0.1) is 0 Å². The molecular weight excluding hydrogens is 388 g/mol. The molecule has 2 aliphatic heterocycles. The number of hydrogen-bond acceptors (Lipinski definition) is 5. The minimum Gasteiger partial charge on any atom is -0.497 e. The predicted octanol–water partition coefficient (Wildman–Crippen LogP) is 3.84. The molecule has 0 aliphatic carbocycles. The van der Waals surface area contributed by atoms with Gasteiger partial charge in [-0.25, -0.2) is 0 Å². The maximum Gasteiger partial charge on any atom is 0.238 e. The lowest BCUT2D eigenvalue weighted by Crippen LogP contribution is -2.36. The van der Waals surface area contributed by atoms with Gasteiger partial charge in [-0.15, -0.1) is 0 Å². The SMILES string of the molecule is COc1ccc(N2CCCN(CC(=O)Nc3ccc(N4CCCCC4)cc3)CC2)cc1. The molecule has 166 valence electrons. The number of hydrogen-bond donors (Lipinski definition) is 1. The zero-order valence-corrected chi connectivity index (χ0v) is 18.6. The number of amides is 1. The molecule has 2 aromatic carbocycles. The number of nitrogens with one attached hydrogen (secondary N) is 1. The molecule has 2 aromatic rings. The summed E-state index contributed by atoms with van der Waals surface area (Å²) >= 11 is 0. The molecule has 6 nitrogen and oxygen atoms in total. The fourth-order valence-electron chi connectivity index (χ4n) is 4.49. The van der Waals surface area contributed by atoms with Crippen molar-refractivity contribution in [2.45, 2.75) is 25.7 Å². The summed E-state index contributed by atoms with van der Waals surface area (Å²) in [5.74, 6) is 0.935. The fraction of sp³-hybridized carbons (Fsp3) is 0.480. The van der Waals surface area contributed by atoms with Crippen LogP contribution in [0.15, 0.2) is 48.5 Å². The summed E-state index contributed by atoms with van der Waals surface area (Å²) in [6, 6.07) is 16.5. The summed E-state index contributed by atoms with van der Waals surface area (Å²) in [6.45, 7) is 6.45. The molecule has 0 aromatic heterocycles. The van der Waals surface area contributed by atoms with E-state index in [4.69, 9.17) is 4.74 Å². The molecule has 6 heteroatoms. The number of carbonyl (C=O) groups is 1. The van der Waals surface area contributed by atoms with Crippen LogP contribution in [-0.2, 0) is 4.79 Å². The number of rotatable bonds is 6. The van der Waals surface area contributed by atoms with Crippen LogP contribution in [-0.4, -0.2) is 63.7 Å². The summed E-state index contributed by atoms with van der Waals surface area (Å²) in [5.41, 5.74) is 3.34. The van der Waals surface area contributed by atoms with Crippen LogP contribution in [0.2, 0.25) is 0 Å². The van der Waals surface area contributed by atoms with Crippen LogP contribution in [0.4, 0.5) is 17.1 Å². The smallest absolute Gasteiger partial charge is 0.238 e. The first-order valence-corrected chi connectivity index (χ1v) is 11.5. The van der Waals surface area contributed by atoms with E-state index in [1.54, 1.807) is 7.11 Å². The van der Waals surface area contributed by atoms with Gasteiger partial charge in [-0.05, 0) is 74.2 Å². The first-order chi connectivity index (χ1) is 15.2. The van der Waals surface area contributed by atoms with E-state index in [1.807, 2.05) is 24.3 Å². The molecule has 1 N–H and O–H groups in total. The quantitative estimate of drug-likeness (QED) is 0.767. The third kappa shape index (κ3) is 5.91. The lowest BCUT2D eigenvalue weighted by Gasteiger charge is -2.28. The zero-order valence-electron chi connectivity index (χ0n) is 18.6. The second-order valence-corrected chi connectivity index (χ2v) is 8.46. The fourth-order valence-corrected chi connectivity index (χ4v) is 4.49. The van der Waals surface area contributed by atoms with Crippen molar-refractivity contribution < 1.29 is 9.53 Å². The van der Waals surface area contributed by atoms with E-state index >= 15 is 0 Å². The third-order valence-electron chi connectivity index (χ3n) is 6.27. The molecule has 1 amide bonds. The van der Waals surface area contributed by atoms with Crippen molar-refractivity contribution in [3.8, 4) is 5.75 Å². The summed E-state index contributed by atoms with van der Waals surface area (Å²) in [4.78, 5) is 19.7. The van der Waals surface area contributed by atoms with E-state index < -0.39 is 0 Å². The van der Waals surface area contributed by atoms with Gasteiger partial charge in [-0.3, -0.25) is 9.69 Å². The van der Waals surface area contributed by atoms with Gasteiger partial charge in [0.15, 0.2) is 0 Å². The Kier molecular flexibility index (Phi) is 7.30. The van der Waals surface area contributed by atoms with Crippen LogP contribution in [0.3, 0.4) is 0 Å². The molecule has 0 unspecified atom stereocenters. The van der Waals surface area contributed by atoms with Gasteiger partial charge < -0.3 is 19.9 Å². The number of piperidine rings is 1. The summed E-state index contributed by atoms with van der Waals surface area (Å²) in [5, 5.41) is 3.07. The number of nitrogens with zero attached hydrogens (tertiary/aromatic N) is 3. The van der Waals surface area contributed by atoms with Crippen LogP contribution in [0.1, 0.15) is 25.7 Å². The Bertz CT molecular complexity index is 832. The summed E-state index contributed by atoms with van der Waals surface area (Å²) in [6.07, 6.45) is 4.91. The average Bonchev–Trinajstić information content (AvgIpc) is 3.06. The summed E-state index contributed by atoms with van der Waals surface area (Å²) in [7, 11) is 1.69. The van der Waals surface area contributed by atoms with Crippen molar-refractivity contribution in [1.82, 2.24) is 4.90 Å². The highest BCUT2D eigenvalue weighted by Gasteiger charge is 2.18. The first kappa shape index (κ1) is 21.5. The van der Waals surface area contributed by atoms with Crippen LogP contribution in [0.25, 0.3) is 0 Å². The predicted molar refractivity (Wildman–Crippen MR) is 127 cm³/mol. The van der Waals surface area contributed by atoms with Crippen molar-refractivity contribution in [1.29, 1.82) is 0 Å². The van der Waals surface area contributed by atoms with E-state index in [0.717, 1.165) is 57.1 Å². The Labute approximate surface area is 185 Å². The zero-order chi connectivity index (χ0) is 21.5. The number of anilines is 3. The van der Waals surface area contributed by atoms with Crippen molar-refractivity contribution in [2.24, 2.45) is 0 Å². The maximum atomic E-state index is 12.6. The van der Waals surface area contributed by atoms with Gasteiger partial charge >= 0.3 is 0 Å². The van der Waals surface area contributed by atoms with Gasteiger partial charge in [-0.1, -0.05) is 0 Å². The van der Waals surface area contributed by atoms with E-state index in [2.05, 4.69) is 44.3 Å². The second kappa shape index (κ2) is 10.5. The molecule has 2 saturated heterocycles. The first-order valence-electron chi connectivity index (χ1n) is 11.5. The molecule has 0 spiro atoms. The Morgan fingerprint density at radius 3 is 2.06 bits per heavy atom. The Morgan fingerprint density at radius 1 is 0.774 bits per heavy atom. The molecule has 0 bridgehead atoms. The highest BCUT2D eigenvalue weighted by Crippen LogP contribution is 2.22. The van der Waals surface area contributed by atoms with Gasteiger partial charge in [0.1, 0.15) is 5.75 Å². The van der Waals surface area contributed by atoms with Crippen LogP contribution < -0.4 is 19.9 Å². The van der Waals surface area contributed by atoms with Gasteiger partial charge in [0, 0.05) is 56.3 Å². The van der Waals surface area contributed by atoms with E-state index in [0.29, 0.717) is 6.54 Å². The standard InChI is InChI=1S/C25H34N4O2/c1-31-24-12-10-23(11-13-24)29-17-5-14-27(18-19-29)20-25(30)26-21-6-8-22(9-7-21)28-15-3-2-4-16-28/h6-13H,2-5,14-20H2,1H3,(H,26,30). The highest BCUT2D eigenvalue weighted by atomic mass is 16.5. The third-order valence-corrected chi connectivity index (χ3v) is 6.27. The van der Waals surface area contributed by atoms with Crippen LogP contribution in [0.5, 0.6) is 5.75 Å². The molecule has 0 radical (unpaired) electrons. The van der Waals surface area contributed by atoms with Gasteiger partial charge in [0.2, 0.25) is 5.91 Å². The normalized spacial score (nSPS) is 17.8. The highest BCUT2D eigenvalue weighted by molar-refractivity contribution is 5.92. The maximum absolute atomic E-state index is 12.6. The number of methoxy groups -OCH3 is 1. The topological polar surface area (TPSA) is 48.1 Å². The monoisotopic (exact) mass is 422 g/mol. The number of carbonyl (C=O) groups excluding carboxylic acids is 1. The lowest BCUT2D eigenvalue weighted by atomic mass is 10.1. The van der Waals surface area contributed by atoms with Crippen molar-refractivity contribution in [3.05, 3.63) is 48.5 Å². The van der Waals surface area contributed by atoms with Gasteiger partial charge in [0.05, 0.1) is 13.7 Å². The largest absolute Gasteiger partial charge is 0.497 e. The molecule has 2 heterocycles. The number of benzene rings is 2. The molecule has 4 rings (SSSR count).